The first-order valence-corrected chi connectivity index (χ1v) is 5.61. The first kappa shape index (κ1) is 12.1. The minimum absolute atomic E-state index is 0.183. The first-order chi connectivity index (χ1) is 6.80. The molecular weight excluding hydrogens is 210 g/mol. The molecular formula is C10H17N3OS. The van der Waals surface area contributed by atoms with E-state index < -0.39 is 6.04 Å². The Hall–Kier alpha value is -0.940. The van der Waals surface area contributed by atoms with Crippen molar-refractivity contribution < 1.29 is 4.79 Å². The number of nitrogens with zero attached hydrogens (tertiary/aromatic N) is 1. The SMILES string of the molecule is Cc1cnc(NC(=O)[C@H](N)C(C)(C)C)s1. The lowest BCUT2D eigenvalue weighted by atomic mass is 9.87. The van der Waals surface area contributed by atoms with Gasteiger partial charge >= 0.3 is 0 Å². The lowest BCUT2D eigenvalue weighted by molar-refractivity contribution is -0.119. The molecule has 1 rings (SSSR count). The van der Waals surface area contributed by atoms with Crippen LogP contribution in [0.1, 0.15) is 25.6 Å². The largest absolute Gasteiger partial charge is 0.319 e. The molecule has 1 aromatic rings. The van der Waals surface area contributed by atoms with E-state index in [1.165, 1.54) is 11.3 Å². The van der Waals surface area contributed by atoms with Gasteiger partial charge in [0.25, 0.3) is 0 Å². The van der Waals surface area contributed by atoms with Crippen LogP contribution in [-0.2, 0) is 4.79 Å². The smallest absolute Gasteiger partial charge is 0.243 e. The van der Waals surface area contributed by atoms with Gasteiger partial charge in [-0.15, -0.1) is 11.3 Å². The van der Waals surface area contributed by atoms with Crippen molar-refractivity contribution in [3.8, 4) is 0 Å². The van der Waals surface area contributed by atoms with E-state index in [1.54, 1.807) is 6.20 Å². The molecule has 0 aliphatic carbocycles. The number of rotatable bonds is 2. The maximum atomic E-state index is 11.7. The highest BCUT2D eigenvalue weighted by molar-refractivity contribution is 7.15. The van der Waals surface area contributed by atoms with Crippen molar-refractivity contribution in [2.24, 2.45) is 11.1 Å². The molecule has 3 N–H and O–H groups in total. The lowest BCUT2D eigenvalue weighted by Gasteiger charge is -2.25. The zero-order chi connectivity index (χ0) is 11.6. The van der Waals surface area contributed by atoms with Crippen LogP contribution in [0.5, 0.6) is 0 Å². The van der Waals surface area contributed by atoms with E-state index in [0.717, 1.165) is 4.88 Å². The third-order valence-corrected chi connectivity index (χ3v) is 2.90. The highest BCUT2D eigenvalue weighted by Gasteiger charge is 2.27. The number of thiazole rings is 1. The van der Waals surface area contributed by atoms with Gasteiger partial charge in [0.05, 0.1) is 6.04 Å². The lowest BCUT2D eigenvalue weighted by Crippen LogP contribution is -2.45. The van der Waals surface area contributed by atoms with E-state index in [1.807, 2.05) is 27.7 Å². The monoisotopic (exact) mass is 227 g/mol. The Morgan fingerprint density at radius 1 is 1.60 bits per heavy atom. The van der Waals surface area contributed by atoms with Gasteiger partial charge in [0.2, 0.25) is 5.91 Å². The van der Waals surface area contributed by atoms with Crippen molar-refractivity contribution in [1.82, 2.24) is 4.98 Å². The van der Waals surface area contributed by atoms with Gasteiger partial charge in [-0.2, -0.15) is 0 Å². The minimum Gasteiger partial charge on any atom is -0.319 e. The molecule has 0 radical (unpaired) electrons. The topological polar surface area (TPSA) is 68.0 Å². The molecule has 0 aliphatic heterocycles. The van der Waals surface area contributed by atoms with Gasteiger partial charge in [0, 0.05) is 11.1 Å². The molecule has 1 aromatic heterocycles. The Bertz CT molecular complexity index is 354. The van der Waals surface area contributed by atoms with Crippen LogP contribution < -0.4 is 11.1 Å². The number of nitrogens with one attached hydrogen (secondary N) is 1. The summed E-state index contributed by atoms with van der Waals surface area (Å²) in [7, 11) is 0. The molecule has 0 saturated heterocycles. The van der Waals surface area contributed by atoms with Crippen LogP contribution in [0.15, 0.2) is 6.20 Å². The number of aryl methyl sites for hydroxylation is 1. The van der Waals surface area contributed by atoms with Gasteiger partial charge in [0.15, 0.2) is 5.13 Å². The molecule has 0 aromatic carbocycles. The zero-order valence-electron chi connectivity index (χ0n) is 9.50. The normalized spacial score (nSPS) is 13.7. The number of anilines is 1. The van der Waals surface area contributed by atoms with Gasteiger partial charge in [-0.05, 0) is 12.3 Å². The number of hydrogen-bond acceptors (Lipinski definition) is 4. The molecule has 0 spiro atoms. The number of nitrogens with two attached hydrogens (primary N) is 1. The molecule has 0 unspecified atom stereocenters. The van der Waals surface area contributed by atoms with E-state index in [4.69, 9.17) is 5.73 Å². The van der Waals surface area contributed by atoms with Crippen LogP contribution in [0.3, 0.4) is 0 Å². The molecule has 84 valence electrons. The molecule has 0 fully saturated rings. The quantitative estimate of drug-likeness (QED) is 0.809. The summed E-state index contributed by atoms with van der Waals surface area (Å²) in [6.07, 6.45) is 1.73. The molecule has 0 aliphatic rings. The Morgan fingerprint density at radius 3 is 2.60 bits per heavy atom. The fourth-order valence-electron chi connectivity index (χ4n) is 0.989. The van der Waals surface area contributed by atoms with Gasteiger partial charge in [0.1, 0.15) is 0 Å². The van der Waals surface area contributed by atoms with E-state index in [0.29, 0.717) is 5.13 Å². The van der Waals surface area contributed by atoms with Crippen molar-refractivity contribution >= 4 is 22.4 Å². The maximum Gasteiger partial charge on any atom is 0.243 e. The standard InChI is InChI=1S/C10H17N3OS/c1-6-5-12-9(15-6)13-8(14)7(11)10(2,3)4/h5,7H,11H2,1-4H3,(H,12,13,14)/t7-/m0/s1. The van der Waals surface area contributed by atoms with Gasteiger partial charge in [-0.25, -0.2) is 4.98 Å². The predicted molar refractivity (Wildman–Crippen MR) is 62.9 cm³/mol. The van der Waals surface area contributed by atoms with E-state index in [9.17, 15) is 4.79 Å². The Balaban J connectivity index is 2.64. The summed E-state index contributed by atoms with van der Waals surface area (Å²) in [5.74, 6) is -0.183. The van der Waals surface area contributed by atoms with Gasteiger partial charge in [-0.3, -0.25) is 4.79 Å². The van der Waals surface area contributed by atoms with Crippen molar-refractivity contribution in [3.05, 3.63) is 11.1 Å². The number of carbonyl (C=O) groups excluding carboxylic acids is 1. The van der Waals surface area contributed by atoms with Crippen molar-refractivity contribution in [3.63, 3.8) is 0 Å². The van der Waals surface area contributed by atoms with Crippen molar-refractivity contribution in [2.75, 3.05) is 5.32 Å². The molecule has 4 nitrogen and oxygen atoms in total. The predicted octanol–water partition coefficient (Wildman–Crippen LogP) is 1.76. The molecule has 1 heterocycles. The fourth-order valence-corrected chi connectivity index (χ4v) is 1.66. The second-order valence-electron chi connectivity index (χ2n) is 4.61. The summed E-state index contributed by atoms with van der Waals surface area (Å²) in [5.41, 5.74) is 5.57. The number of aromatic nitrogens is 1. The first-order valence-electron chi connectivity index (χ1n) is 4.79. The zero-order valence-corrected chi connectivity index (χ0v) is 10.3. The van der Waals surface area contributed by atoms with Crippen molar-refractivity contribution in [1.29, 1.82) is 0 Å². The minimum atomic E-state index is -0.526. The molecule has 5 heteroatoms. The average molecular weight is 227 g/mol. The number of amides is 1. The summed E-state index contributed by atoms with van der Waals surface area (Å²) in [6, 6.07) is -0.526. The Morgan fingerprint density at radius 2 is 2.20 bits per heavy atom. The van der Waals surface area contributed by atoms with Crippen molar-refractivity contribution in [2.45, 2.75) is 33.7 Å². The molecule has 1 amide bonds. The second-order valence-corrected chi connectivity index (χ2v) is 5.84. The Kier molecular flexibility index (Phi) is 3.46. The fraction of sp³-hybridized carbons (Fsp3) is 0.600. The van der Waals surface area contributed by atoms with Gasteiger partial charge in [-0.1, -0.05) is 20.8 Å². The highest BCUT2D eigenvalue weighted by Crippen LogP contribution is 2.21. The summed E-state index contributed by atoms with van der Waals surface area (Å²) in [6.45, 7) is 7.75. The van der Waals surface area contributed by atoms with Gasteiger partial charge < -0.3 is 11.1 Å². The third-order valence-electron chi connectivity index (χ3n) is 2.07. The van der Waals surface area contributed by atoms with Crippen LogP contribution in [0.2, 0.25) is 0 Å². The van der Waals surface area contributed by atoms with E-state index in [2.05, 4.69) is 10.3 Å². The van der Waals surface area contributed by atoms with E-state index in [-0.39, 0.29) is 11.3 Å². The molecule has 15 heavy (non-hydrogen) atoms. The van der Waals surface area contributed by atoms with Crippen LogP contribution in [0.25, 0.3) is 0 Å². The van der Waals surface area contributed by atoms with Crippen LogP contribution >= 0.6 is 11.3 Å². The van der Waals surface area contributed by atoms with Crippen LogP contribution in [-0.4, -0.2) is 16.9 Å². The molecule has 0 saturated carbocycles. The third kappa shape index (κ3) is 3.28. The summed E-state index contributed by atoms with van der Waals surface area (Å²) >= 11 is 1.45. The summed E-state index contributed by atoms with van der Waals surface area (Å²) in [5, 5.41) is 3.32. The maximum absolute atomic E-state index is 11.7. The number of carbonyl (C=O) groups is 1. The van der Waals surface area contributed by atoms with Crippen LogP contribution in [0, 0.1) is 12.3 Å². The Labute approximate surface area is 93.9 Å². The number of hydrogen-bond donors (Lipinski definition) is 2. The summed E-state index contributed by atoms with van der Waals surface area (Å²) in [4.78, 5) is 16.8. The van der Waals surface area contributed by atoms with Crippen LogP contribution in [0.4, 0.5) is 5.13 Å². The van der Waals surface area contributed by atoms with E-state index >= 15 is 0 Å². The summed E-state index contributed by atoms with van der Waals surface area (Å²) < 4.78 is 0. The molecule has 0 bridgehead atoms. The second kappa shape index (κ2) is 4.28. The average Bonchev–Trinajstić information content (AvgIpc) is 2.48. The molecule has 1 atom stereocenters. The highest BCUT2D eigenvalue weighted by atomic mass is 32.1.